The van der Waals surface area contributed by atoms with Crippen molar-refractivity contribution in [2.45, 2.75) is 45.3 Å². The van der Waals surface area contributed by atoms with Crippen LogP contribution in [0.5, 0.6) is 0 Å². The van der Waals surface area contributed by atoms with Gasteiger partial charge < -0.3 is 10.4 Å². The summed E-state index contributed by atoms with van der Waals surface area (Å²) in [6.07, 6.45) is 3.18. The molecule has 0 radical (unpaired) electrons. The summed E-state index contributed by atoms with van der Waals surface area (Å²) in [5, 5.41) is 13.9. The number of nitrogens with one attached hydrogen (secondary N) is 1. The zero-order valence-corrected chi connectivity index (χ0v) is 10.8. The zero-order chi connectivity index (χ0) is 12.3. The maximum Gasteiger partial charge on any atom is 0.0943 e. The molecular weight excluding hydrogens is 210 g/mol. The van der Waals surface area contributed by atoms with Gasteiger partial charge >= 0.3 is 0 Å². The van der Waals surface area contributed by atoms with Crippen molar-refractivity contribution in [3.05, 3.63) is 35.4 Å². The Bertz CT molecular complexity index is 364. The highest BCUT2D eigenvalue weighted by Crippen LogP contribution is 2.27. The van der Waals surface area contributed by atoms with Gasteiger partial charge in [-0.15, -0.1) is 0 Å². The van der Waals surface area contributed by atoms with E-state index in [-0.39, 0.29) is 12.1 Å². The Morgan fingerprint density at radius 2 is 2.29 bits per heavy atom. The Kier molecular flexibility index (Phi) is 4.19. The number of aliphatic hydroxyl groups excluding tert-OH is 1. The third-order valence-corrected chi connectivity index (χ3v) is 3.89. The van der Waals surface area contributed by atoms with E-state index < -0.39 is 0 Å². The van der Waals surface area contributed by atoms with Crippen molar-refractivity contribution in [1.82, 2.24) is 5.32 Å². The van der Waals surface area contributed by atoms with Gasteiger partial charge in [0.15, 0.2) is 0 Å². The van der Waals surface area contributed by atoms with Crippen LogP contribution in [0.2, 0.25) is 0 Å². The van der Waals surface area contributed by atoms with Crippen molar-refractivity contribution < 1.29 is 5.11 Å². The number of rotatable bonds is 3. The first-order valence-electron chi connectivity index (χ1n) is 6.68. The van der Waals surface area contributed by atoms with Gasteiger partial charge in [-0.2, -0.15) is 0 Å². The first-order chi connectivity index (χ1) is 8.20. The van der Waals surface area contributed by atoms with Crippen LogP contribution in [0.4, 0.5) is 0 Å². The van der Waals surface area contributed by atoms with Gasteiger partial charge in [-0.1, -0.05) is 43.2 Å². The maximum absolute atomic E-state index is 10.4. The van der Waals surface area contributed by atoms with Gasteiger partial charge in [-0.05, 0) is 37.8 Å². The fourth-order valence-electron chi connectivity index (χ4n) is 2.73. The molecule has 2 nitrogen and oxygen atoms in total. The van der Waals surface area contributed by atoms with E-state index in [1.165, 1.54) is 18.4 Å². The second kappa shape index (κ2) is 5.65. The standard InChI is InChI=1S/C15H23NO/c1-3-12-7-8-16-14(10-12)15(17)13-6-4-5-11(2)9-13/h4-6,9,12,14-17H,3,7-8,10H2,1-2H3. The lowest BCUT2D eigenvalue weighted by molar-refractivity contribution is 0.0978. The van der Waals surface area contributed by atoms with Gasteiger partial charge in [0.25, 0.3) is 0 Å². The second-order valence-corrected chi connectivity index (χ2v) is 5.22. The van der Waals surface area contributed by atoms with Gasteiger partial charge in [0.1, 0.15) is 0 Å². The van der Waals surface area contributed by atoms with Gasteiger partial charge in [-0.25, -0.2) is 0 Å². The molecule has 1 aromatic rings. The summed E-state index contributed by atoms with van der Waals surface area (Å²) in [6, 6.07) is 8.42. The molecule has 0 aliphatic carbocycles. The smallest absolute Gasteiger partial charge is 0.0943 e. The van der Waals surface area contributed by atoms with Crippen molar-refractivity contribution in [2.24, 2.45) is 5.92 Å². The molecule has 1 aromatic carbocycles. The van der Waals surface area contributed by atoms with E-state index in [1.807, 2.05) is 12.1 Å². The van der Waals surface area contributed by atoms with Crippen molar-refractivity contribution in [3.8, 4) is 0 Å². The van der Waals surface area contributed by atoms with Crippen LogP contribution in [0.3, 0.4) is 0 Å². The lowest BCUT2D eigenvalue weighted by atomic mass is 9.86. The van der Waals surface area contributed by atoms with E-state index >= 15 is 0 Å². The minimum absolute atomic E-state index is 0.218. The molecule has 1 fully saturated rings. The molecule has 0 bridgehead atoms. The normalized spacial score (nSPS) is 26.8. The molecule has 1 heterocycles. The van der Waals surface area contributed by atoms with E-state index in [4.69, 9.17) is 0 Å². The van der Waals surface area contributed by atoms with Crippen LogP contribution >= 0.6 is 0 Å². The SMILES string of the molecule is CCC1CCNC(C(O)c2cccc(C)c2)C1. The van der Waals surface area contributed by atoms with E-state index in [0.717, 1.165) is 24.4 Å². The molecule has 1 saturated heterocycles. The largest absolute Gasteiger partial charge is 0.387 e. The first kappa shape index (κ1) is 12.6. The first-order valence-corrected chi connectivity index (χ1v) is 6.68. The van der Waals surface area contributed by atoms with Crippen LogP contribution in [-0.2, 0) is 0 Å². The summed E-state index contributed by atoms with van der Waals surface area (Å²) in [7, 11) is 0. The Morgan fingerprint density at radius 3 is 3.00 bits per heavy atom. The molecule has 2 heteroatoms. The number of benzene rings is 1. The lowest BCUT2D eigenvalue weighted by Crippen LogP contribution is -2.42. The molecule has 1 aliphatic heterocycles. The fourth-order valence-corrected chi connectivity index (χ4v) is 2.73. The van der Waals surface area contributed by atoms with Crippen molar-refractivity contribution in [3.63, 3.8) is 0 Å². The maximum atomic E-state index is 10.4. The summed E-state index contributed by atoms with van der Waals surface area (Å²) >= 11 is 0. The number of aliphatic hydroxyl groups is 1. The summed E-state index contributed by atoms with van der Waals surface area (Å²) in [6.45, 7) is 5.34. The van der Waals surface area contributed by atoms with E-state index in [2.05, 4.69) is 31.3 Å². The molecule has 0 aromatic heterocycles. The molecular formula is C15H23NO. The van der Waals surface area contributed by atoms with E-state index in [0.29, 0.717) is 0 Å². The highest BCUT2D eigenvalue weighted by Gasteiger charge is 2.26. The minimum Gasteiger partial charge on any atom is -0.387 e. The molecule has 0 saturated carbocycles. The molecule has 3 unspecified atom stereocenters. The Labute approximate surface area is 104 Å². The molecule has 3 atom stereocenters. The average molecular weight is 233 g/mol. The topological polar surface area (TPSA) is 32.3 Å². The zero-order valence-electron chi connectivity index (χ0n) is 10.8. The van der Waals surface area contributed by atoms with E-state index in [1.54, 1.807) is 0 Å². The van der Waals surface area contributed by atoms with Crippen LogP contribution in [-0.4, -0.2) is 17.7 Å². The number of aryl methyl sites for hydroxylation is 1. The van der Waals surface area contributed by atoms with Gasteiger partial charge in [0.2, 0.25) is 0 Å². The Hall–Kier alpha value is -0.860. The second-order valence-electron chi connectivity index (χ2n) is 5.22. The van der Waals surface area contributed by atoms with Crippen molar-refractivity contribution >= 4 is 0 Å². The quantitative estimate of drug-likeness (QED) is 0.841. The minimum atomic E-state index is -0.371. The number of hydrogen-bond acceptors (Lipinski definition) is 2. The molecule has 2 N–H and O–H groups in total. The van der Waals surface area contributed by atoms with Crippen LogP contribution in [0, 0.1) is 12.8 Å². The lowest BCUT2D eigenvalue weighted by Gasteiger charge is -2.33. The highest BCUT2D eigenvalue weighted by molar-refractivity contribution is 5.25. The van der Waals surface area contributed by atoms with Crippen LogP contribution in [0.15, 0.2) is 24.3 Å². The van der Waals surface area contributed by atoms with Gasteiger partial charge in [-0.3, -0.25) is 0 Å². The average Bonchev–Trinajstić information content (AvgIpc) is 2.38. The van der Waals surface area contributed by atoms with Gasteiger partial charge in [0.05, 0.1) is 6.10 Å². The Morgan fingerprint density at radius 1 is 1.47 bits per heavy atom. The van der Waals surface area contributed by atoms with Crippen LogP contribution < -0.4 is 5.32 Å². The third kappa shape index (κ3) is 3.08. The highest BCUT2D eigenvalue weighted by atomic mass is 16.3. The summed E-state index contributed by atoms with van der Waals surface area (Å²) in [4.78, 5) is 0. The molecule has 2 rings (SSSR count). The predicted octanol–water partition coefficient (Wildman–Crippen LogP) is 2.81. The number of hydrogen-bond donors (Lipinski definition) is 2. The third-order valence-electron chi connectivity index (χ3n) is 3.89. The number of piperidine rings is 1. The molecule has 0 amide bonds. The molecule has 1 aliphatic rings. The van der Waals surface area contributed by atoms with Gasteiger partial charge in [0, 0.05) is 6.04 Å². The van der Waals surface area contributed by atoms with Crippen LogP contribution in [0.1, 0.15) is 43.4 Å². The molecule has 17 heavy (non-hydrogen) atoms. The summed E-state index contributed by atoms with van der Waals surface area (Å²) in [5.41, 5.74) is 2.25. The molecule has 94 valence electrons. The van der Waals surface area contributed by atoms with E-state index in [9.17, 15) is 5.11 Å². The van der Waals surface area contributed by atoms with Crippen molar-refractivity contribution in [1.29, 1.82) is 0 Å². The summed E-state index contributed by atoms with van der Waals surface area (Å²) < 4.78 is 0. The predicted molar refractivity (Wildman–Crippen MR) is 70.9 cm³/mol. The monoisotopic (exact) mass is 233 g/mol. The summed E-state index contributed by atoms with van der Waals surface area (Å²) in [5.74, 6) is 0.765. The van der Waals surface area contributed by atoms with Crippen LogP contribution in [0.25, 0.3) is 0 Å². The van der Waals surface area contributed by atoms with Crippen molar-refractivity contribution in [2.75, 3.05) is 6.54 Å². The Balaban J connectivity index is 2.06. The fraction of sp³-hybridized carbons (Fsp3) is 0.600. The molecule has 0 spiro atoms.